The topological polar surface area (TPSA) is 12.1 Å². The van der Waals surface area contributed by atoms with E-state index in [1.165, 1.54) is 97.7 Å². The van der Waals surface area contributed by atoms with E-state index in [-0.39, 0.29) is 0 Å². The Morgan fingerprint density at radius 3 is 1.55 bits per heavy atom. The van der Waals surface area contributed by atoms with Crippen LogP contribution in [0.25, 0.3) is 97.7 Å². The van der Waals surface area contributed by atoms with E-state index in [0.29, 0.717) is 0 Å². The molecule has 0 saturated carbocycles. The second-order valence-corrected chi connectivity index (χ2v) is 14.5. The van der Waals surface area contributed by atoms with Crippen molar-refractivity contribution >= 4 is 115 Å². The number of benzene rings is 9. The Kier molecular flexibility index (Phi) is 5.11. The molecule has 0 unspecified atom stereocenters. The molecule has 13 rings (SSSR count). The van der Waals surface area contributed by atoms with E-state index in [1.807, 2.05) is 0 Å². The van der Waals surface area contributed by atoms with Crippen LogP contribution in [-0.4, -0.2) is 8.80 Å². The van der Waals surface area contributed by atoms with Crippen molar-refractivity contribution in [2.75, 3.05) is 4.90 Å². The average Bonchev–Trinajstić information content (AvgIpc) is 3.95. The molecule has 4 heterocycles. The molecular formula is C50H29N3. The Balaban J connectivity index is 1.24. The Hall–Kier alpha value is -7.10. The number of hydrogen-bond acceptors (Lipinski definition) is 1. The Labute approximate surface area is 303 Å². The predicted octanol–water partition coefficient (Wildman–Crippen LogP) is 13.8. The molecule has 4 aromatic heterocycles. The minimum absolute atomic E-state index is 1.13. The number of para-hydroxylation sites is 4. The third-order valence-electron chi connectivity index (χ3n) is 11.9. The van der Waals surface area contributed by atoms with Crippen molar-refractivity contribution in [3.8, 4) is 0 Å². The number of hydrogen-bond donors (Lipinski definition) is 0. The maximum absolute atomic E-state index is 2.56. The minimum atomic E-state index is 1.13. The Morgan fingerprint density at radius 2 is 0.811 bits per heavy atom. The van der Waals surface area contributed by atoms with Crippen LogP contribution in [0.1, 0.15) is 0 Å². The van der Waals surface area contributed by atoms with Crippen molar-refractivity contribution in [3.05, 3.63) is 176 Å². The Morgan fingerprint density at radius 1 is 0.302 bits per heavy atom. The first kappa shape index (κ1) is 27.6. The van der Waals surface area contributed by atoms with E-state index >= 15 is 0 Å². The molecule has 0 fully saturated rings. The van der Waals surface area contributed by atoms with Gasteiger partial charge in [0.2, 0.25) is 0 Å². The molecule has 0 spiro atoms. The van der Waals surface area contributed by atoms with Crippen LogP contribution in [-0.2, 0) is 0 Å². The van der Waals surface area contributed by atoms with E-state index in [2.05, 4.69) is 190 Å². The fourth-order valence-corrected chi connectivity index (χ4v) is 9.89. The summed E-state index contributed by atoms with van der Waals surface area (Å²) in [7, 11) is 0. The van der Waals surface area contributed by atoms with Crippen LogP contribution in [0.15, 0.2) is 176 Å². The molecule has 3 heteroatoms. The summed E-state index contributed by atoms with van der Waals surface area (Å²) in [6.45, 7) is 0. The van der Waals surface area contributed by atoms with Crippen LogP contribution in [0.3, 0.4) is 0 Å². The van der Waals surface area contributed by atoms with Gasteiger partial charge in [-0.05, 0) is 76.1 Å². The molecule has 0 N–H and O–H groups in total. The van der Waals surface area contributed by atoms with Crippen molar-refractivity contribution in [2.45, 2.75) is 0 Å². The molecule has 0 aliphatic rings. The normalized spacial score (nSPS) is 12.5. The molecule has 53 heavy (non-hydrogen) atoms. The fraction of sp³-hybridized carbons (Fsp3) is 0. The number of anilines is 3. The first-order valence-corrected chi connectivity index (χ1v) is 18.4. The summed E-state index contributed by atoms with van der Waals surface area (Å²) in [4.78, 5) is 2.41. The number of rotatable bonds is 3. The smallest absolute Gasteiger partial charge is 0.0782 e. The van der Waals surface area contributed by atoms with Gasteiger partial charge in [-0.3, -0.25) is 0 Å². The lowest BCUT2D eigenvalue weighted by molar-refractivity contribution is 1.27. The molecule has 3 nitrogen and oxygen atoms in total. The molecule has 0 bridgehead atoms. The third kappa shape index (κ3) is 3.36. The SMILES string of the molecule is c1ccc(N(c2ccccc2)c2cccc3c4cccc5c6c7c8cc9ccccc9c9c%10c%11ccccc%11ccc%10n(c7ccc6n(c23)c45)c89)cc1. The second kappa shape index (κ2) is 9.81. The van der Waals surface area contributed by atoms with Gasteiger partial charge in [-0.25, -0.2) is 0 Å². The monoisotopic (exact) mass is 671 g/mol. The zero-order chi connectivity index (χ0) is 34.4. The highest BCUT2D eigenvalue weighted by molar-refractivity contribution is 6.40. The summed E-state index contributed by atoms with van der Waals surface area (Å²) in [5, 5.41) is 15.7. The van der Waals surface area contributed by atoms with Crippen LogP contribution in [0.5, 0.6) is 0 Å². The lowest BCUT2D eigenvalue weighted by atomic mass is 9.96. The van der Waals surface area contributed by atoms with Crippen LogP contribution < -0.4 is 4.90 Å². The standard InChI is InChI=1S/C50H29N3/c1-3-15-32(16-4-1)51(33-17-5-2-6-18-33)43-24-12-22-37-36-21-11-23-38-45-42(53(48(36)38)49(37)43)28-27-41-46(45)39-29-31-14-8-10-20-35(31)47-44-34-19-9-7-13-30(34)25-26-40(44)52(41)50(39)47/h1-29H. The van der Waals surface area contributed by atoms with Crippen LogP contribution in [0.2, 0.25) is 0 Å². The quantitative estimate of drug-likeness (QED) is 0.182. The highest BCUT2D eigenvalue weighted by Gasteiger charge is 2.27. The lowest BCUT2D eigenvalue weighted by Crippen LogP contribution is -2.10. The summed E-state index contributed by atoms with van der Waals surface area (Å²) >= 11 is 0. The van der Waals surface area contributed by atoms with Gasteiger partial charge in [0.1, 0.15) is 0 Å². The van der Waals surface area contributed by atoms with Crippen LogP contribution in [0, 0.1) is 0 Å². The van der Waals surface area contributed by atoms with E-state index in [1.54, 1.807) is 0 Å². The summed E-state index contributed by atoms with van der Waals surface area (Å²) in [5.41, 5.74) is 11.0. The number of aromatic nitrogens is 2. The largest absolute Gasteiger partial charge is 0.308 e. The molecule has 0 atom stereocenters. The van der Waals surface area contributed by atoms with Crippen molar-refractivity contribution in [2.24, 2.45) is 0 Å². The summed E-state index contributed by atoms with van der Waals surface area (Å²) < 4.78 is 5.11. The zero-order valence-corrected chi connectivity index (χ0v) is 28.6. The van der Waals surface area contributed by atoms with Gasteiger partial charge in [-0.15, -0.1) is 0 Å². The van der Waals surface area contributed by atoms with Crippen LogP contribution >= 0.6 is 0 Å². The maximum atomic E-state index is 2.56. The fourth-order valence-electron chi connectivity index (χ4n) is 9.89. The van der Waals surface area contributed by atoms with E-state index in [9.17, 15) is 0 Å². The predicted molar refractivity (Wildman–Crippen MR) is 225 cm³/mol. The molecule has 0 aliphatic heterocycles. The average molecular weight is 672 g/mol. The van der Waals surface area contributed by atoms with Gasteiger partial charge < -0.3 is 13.7 Å². The number of nitrogens with zero attached hydrogens (tertiary/aromatic N) is 3. The summed E-state index contributed by atoms with van der Waals surface area (Å²) in [5.74, 6) is 0. The highest BCUT2D eigenvalue weighted by atomic mass is 15.2. The Bertz CT molecular complexity index is 3570. The van der Waals surface area contributed by atoms with Gasteiger partial charge in [-0.1, -0.05) is 121 Å². The minimum Gasteiger partial charge on any atom is -0.308 e. The third-order valence-corrected chi connectivity index (χ3v) is 11.9. The second-order valence-electron chi connectivity index (χ2n) is 14.5. The van der Waals surface area contributed by atoms with Gasteiger partial charge in [0.15, 0.2) is 0 Å². The zero-order valence-electron chi connectivity index (χ0n) is 28.6. The van der Waals surface area contributed by atoms with E-state index in [0.717, 1.165) is 17.1 Å². The van der Waals surface area contributed by atoms with Gasteiger partial charge in [0.25, 0.3) is 0 Å². The van der Waals surface area contributed by atoms with Crippen molar-refractivity contribution in [1.82, 2.24) is 8.80 Å². The first-order chi connectivity index (χ1) is 26.3. The molecule has 0 radical (unpaired) electrons. The van der Waals surface area contributed by atoms with Crippen molar-refractivity contribution in [1.29, 1.82) is 0 Å². The molecule has 244 valence electrons. The van der Waals surface area contributed by atoms with Gasteiger partial charge in [-0.2, -0.15) is 0 Å². The molecule has 0 saturated heterocycles. The first-order valence-electron chi connectivity index (χ1n) is 18.4. The lowest BCUT2D eigenvalue weighted by Gasteiger charge is -2.26. The summed E-state index contributed by atoms with van der Waals surface area (Å²) in [6, 6.07) is 64.8. The molecular weight excluding hydrogens is 643 g/mol. The van der Waals surface area contributed by atoms with Crippen LogP contribution in [0.4, 0.5) is 17.1 Å². The molecule has 13 aromatic rings. The molecule has 0 amide bonds. The van der Waals surface area contributed by atoms with Gasteiger partial charge in [0.05, 0.1) is 38.8 Å². The van der Waals surface area contributed by atoms with Crippen molar-refractivity contribution in [3.63, 3.8) is 0 Å². The summed E-state index contributed by atoms with van der Waals surface area (Å²) in [6.07, 6.45) is 0. The number of fused-ring (bicyclic) bond motifs is 17. The highest BCUT2D eigenvalue weighted by Crippen LogP contribution is 2.51. The van der Waals surface area contributed by atoms with Crippen molar-refractivity contribution < 1.29 is 0 Å². The van der Waals surface area contributed by atoms with Gasteiger partial charge in [0, 0.05) is 54.5 Å². The van der Waals surface area contributed by atoms with E-state index in [4.69, 9.17) is 0 Å². The molecule has 9 aromatic carbocycles. The maximum Gasteiger partial charge on any atom is 0.0782 e. The van der Waals surface area contributed by atoms with E-state index < -0.39 is 0 Å². The molecule has 0 aliphatic carbocycles. The van der Waals surface area contributed by atoms with Gasteiger partial charge >= 0.3 is 0 Å².